The van der Waals surface area contributed by atoms with Crippen molar-refractivity contribution in [3.8, 4) is 0 Å². The first-order valence-corrected chi connectivity index (χ1v) is 11.5. The number of rotatable bonds is 5. The zero-order valence-electron chi connectivity index (χ0n) is 16.8. The summed E-state index contributed by atoms with van der Waals surface area (Å²) in [5.74, 6) is -0.169. The molecule has 0 radical (unpaired) electrons. The highest BCUT2D eigenvalue weighted by molar-refractivity contribution is 7.92. The lowest BCUT2D eigenvalue weighted by atomic mass is 10.00. The normalized spacial score (nSPS) is 14.6. The van der Waals surface area contributed by atoms with Crippen LogP contribution in [0.15, 0.2) is 83.8 Å². The summed E-state index contributed by atoms with van der Waals surface area (Å²) in [6.45, 7) is 2.38. The summed E-state index contributed by atoms with van der Waals surface area (Å²) in [5.41, 5.74) is 3.10. The van der Waals surface area contributed by atoms with Gasteiger partial charge in [0.05, 0.1) is 16.6 Å². The molecule has 0 unspecified atom stereocenters. The summed E-state index contributed by atoms with van der Waals surface area (Å²) < 4.78 is 27.7. The Hall–Kier alpha value is -3.12. The van der Waals surface area contributed by atoms with E-state index >= 15 is 0 Å². The van der Waals surface area contributed by atoms with E-state index in [1.807, 2.05) is 43.3 Å². The second kappa shape index (κ2) is 8.32. The number of hydrogen-bond acceptors (Lipinski definition) is 3. The van der Waals surface area contributed by atoms with Crippen molar-refractivity contribution in [3.63, 3.8) is 0 Å². The minimum Gasteiger partial charge on any atom is -0.346 e. The standard InChI is InChI=1S/C24H24N2O3S/c1-18(19-9-4-2-5-10-19)25-24(27)21-14-15-23-20(17-21)11-8-16-26(23)30(28,29)22-12-6-3-7-13-22/h2-7,9-10,12-15,17-18H,8,11,16H2,1H3,(H,25,27)/t18-/m1/s1. The van der Waals surface area contributed by atoms with E-state index in [1.165, 1.54) is 4.31 Å². The summed E-state index contributed by atoms with van der Waals surface area (Å²) in [6.07, 6.45) is 1.45. The van der Waals surface area contributed by atoms with Gasteiger partial charge in [0.25, 0.3) is 15.9 Å². The van der Waals surface area contributed by atoms with Gasteiger partial charge >= 0.3 is 0 Å². The lowest BCUT2D eigenvalue weighted by molar-refractivity contribution is 0.0940. The second-order valence-electron chi connectivity index (χ2n) is 7.44. The fourth-order valence-electron chi connectivity index (χ4n) is 3.78. The average Bonchev–Trinajstić information content (AvgIpc) is 2.79. The van der Waals surface area contributed by atoms with Crippen LogP contribution in [0.2, 0.25) is 0 Å². The van der Waals surface area contributed by atoms with E-state index in [-0.39, 0.29) is 16.8 Å². The van der Waals surface area contributed by atoms with Gasteiger partial charge in [-0.25, -0.2) is 8.42 Å². The third kappa shape index (κ3) is 3.96. The van der Waals surface area contributed by atoms with Gasteiger partial charge in [-0.2, -0.15) is 0 Å². The highest BCUT2D eigenvalue weighted by Gasteiger charge is 2.29. The van der Waals surface area contributed by atoms with Gasteiger partial charge in [-0.15, -0.1) is 0 Å². The van der Waals surface area contributed by atoms with Gasteiger partial charge < -0.3 is 5.32 Å². The van der Waals surface area contributed by atoms with Gasteiger partial charge in [0.1, 0.15) is 0 Å². The van der Waals surface area contributed by atoms with Crippen molar-refractivity contribution in [1.29, 1.82) is 0 Å². The third-order valence-electron chi connectivity index (χ3n) is 5.40. The number of nitrogens with one attached hydrogen (secondary N) is 1. The molecule has 0 saturated carbocycles. The van der Waals surface area contributed by atoms with Crippen LogP contribution in [0.3, 0.4) is 0 Å². The van der Waals surface area contributed by atoms with Crippen LogP contribution in [0.5, 0.6) is 0 Å². The number of sulfonamides is 1. The largest absolute Gasteiger partial charge is 0.346 e. The van der Waals surface area contributed by atoms with Crippen molar-refractivity contribution in [2.24, 2.45) is 0 Å². The molecule has 0 aromatic heterocycles. The van der Waals surface area contributed by atoms with Crippen molar-refractivity contribution in [1.82, 2.24) is 5.32 Å². The Morgan fingerprint density at radius 3 is 2.33 bits per heavy atom. The zero-order valence-corrected chi connectivity index (χ0v) is 17.6. The molecule has 30 heavy (non-hydrogen) atoms. The fourth-order valence-corrected chi connectivity index (χ4v) is 5.34. The molecule has 5 nitrogen and oxygen atoms in total. The molecule has 3 aromatic rings. The van der Waals surface area contributed by atoms with Crippen LogP contribution >= 0.6 is 0 Å². The minimum absolute atomic E-state index is 0.121. The first-order chi connectivity index (χ1) is 14.5. The number of amides is 1. The molecule has 154 valence electrons. The van der Waals surface area contributed by atoms with Crippen molar-refractivity contribution in [2.75, 3.05) is 10.8 Å². The maximum Gasteiger partial charge on any atom is 0.264 e. The quantitative estimate of drug-likeness (QED) is 0.669. The van der Waals surface area contributed by atoms with Gasteiger partial charge in [-0.05, 0) is 61.2 Å². The number of fused-ring (bicyclic) bond motifs is 1. The van der Waals surface area contributed by atoms with Gasteiger partial charge in [-0.3, -0.25) is 9.10 Å². The highest BCUT2D eigenvalue weighted by Crippen LogP contribution is 2.32. The Labute approximate surface area is 177 Å². The predicted molar refractivity (Wildman–Crippen MR) is 118 cm³/mol. The van der Waals surface area contributed by atoms with Gasteiger partial charge in [0, 0.05) is 12.1 Å². The fraction of sp³-hybridized carbons (Fsp3) is 0.208. The Morgan fingerprint density at radius 1 is 0.967 bits per heavy atom. The molecule has 1 atom stereocenters. The predicted octanol–water partition coefficient (Wildman–Crippen LogP) is 4.32. The molecule has 0 fully saturated rings. The smallest absolute Gasteiger partial charge is 0.264 e. The number of nitrogens with zero attached hydrogens (tertiary/aromatic N) is 1. The monoisotopic (exact) mass is 420 g/mol. The lowest BCUT2D eigenvalue weighted by Crippen LogP contribution is -2.35. The molecule has 0 aliphatic carbocycles. The highest BCUT2D eigenvalue weighted by atomic mass is 32.2. The molecule has 1 amide bonds. The van der Waals surface area contributed by atoms with Crippen LogP contribution in [0.4, 0.5) is 5.69 Å². The van der Waals surface area contributed by atoms with Crippen LogP contribution in [-0.2, 0) is 16.4 Å². The number of carbonyl (C=O) groups excluding carboxylic acids is 1. The second-order valence-corrected chi connectivity index (χ2v) is 9.31. The molecule has 0 bridgehead atoms. The molecular formula is C24H24N2O3S. The molecule has 6 heteroatoms. The molecule has 1 aliphatic rings. The molecule has 1 aliphatic heterocycles. The van der Waals surface area contributed by atoms with Crippen molar-refractivity contribution in [3.05, 3.63) is 95.6 Å². The van der Waals surface area contributed by atoms with E-state index in [0.29, 0.717) is 24.2 Å². The first-order valence-electron chi connectivity index (χ1n) is 10.0. The Morgan fingerprint density at radius 2 is 1.63 bits per heavy atom. The Kier molecular flexibility index (Phi) is 5.59. The number of anilines is 1. The van der Waals surface area contributed by atoms with Gasteiger partial charge in [0.15, 0.2) is 0 Å². The number of carbonyl (C=O) groups is 1. The van der Waals surface area contributed by atoms with Gasteiger partial charge in [-0.1, -0.05) is 48.5 Å². The van der Waals surface area contributed by atoms with E-state index in [9.17, 15) is 13.2 Å². The minimum atomic E-state index is -3.63. The SMILES string of the molecule is C[C@@H](NC(=O)c1ccc2c(c1)CCCN2S(=O)(=O)c1ccccc1)c1ccccc1. The van der Waals surface area contributed by atoms with Crippen LogP contribution in [0.1, 0.15) is 40.9 Å². The molecule has 3 aromatic carbocycles. The molecule has 0 saturated heterocycles. The molecular weight excluding hydrogens is 396 g/mol. The lowest BCUT2D eigenvalue weighted by Gasteiger charge is -2.30. The van der Waals surface area contributed by atoms with E-state index < -0.39 is 10.0 Å². The summed E-state index contributed by atoms with van der Waals surface area (Å²) >= 11 is 0. The van der Waals surface area contributed by atoms with E-state index in [0.717, 1.165) is 17.5 Å². The summed E-state index contributed by atoms with van der Waals surface area (Å²) in [5, 5.41) is 3.02. The molecule has 1 heterocycles. The zero-order chi connectivity index (χ0) is 21.1. The van der Waals surface area contributed by atoms with Crippen LogP contribution in [-0.4, -0.2) is 20.9 Å². The molecule has 0 spiro atoms. The maximum atomic E-state index is 13.1. The van der Waals surface area contributed by atoms with Crippen molar-refractivity contribution < 1.29 is 13.2 Å². The number of benzene rings is 3. The van der Waals surface area contributed by atoms with Gasteiger partial charge in [0.2, 0.25) is 0 Å². The molecule has 4 rings (SSSR count). The third-order valence-corrected chi connectivity index (χ3v) is 7.22. The van der Waals surface area contributed by atoms with E-state index in [2.05, 4.69) is 5.32 Å². The topological polar surface area (TPSA) is 66.5 Å². The van der Waals surface area contributed by atoms with E-state index in [4.69, 9.17) is 0 Å². The van der Waals surface area contributed by atoms with Crippen LogP contribution in [0, 0.1) is 0 Å². The number of aryl methyl sites for hydroxylation is 1. The van der Waals surface area contributed by atoms with Crippen molar-refractivity contribution >= 4 is 21.6 Å². The Balaban J connectivity index is 1.58. The van der Waals surface area contributed by atoms with Crippen LogP contribution < -0.4 is 9.62 Å². The maximum absolute atomic E-state index is 13.1. The molecule has 1 N–H and O–H groups in total. The average molecular weight is 421 g/mol. The first kappa shape index (κ1) is 20.2. The summed E-state index contributed by atoms with van der Waals surface area (Å²) in [4.78, 5) is 13.0. The summed E-state index contributed by atoms with van der Waals surface area (Å²) in [6, 6.07) is 23.4. The van der Waals surface area contributed by atoms with E-state index in [1.54, 1.807) is 42.5 Å². The van der Waals surface area contributed by atoms with Crippen LogP contribution in [0.25, 0.3) is 0 Å². The summed E-state index contributed by atoms with van der Waals surface area (Å²) in [7, 11) is -3.63. The number of hydrogen-bond donors (Lipinski definition) is 1. The Bertz CT molecular complexity index is 1150. The van der Waals surface area contributed by atoms with Crippen molar-refractivity contribution in [2.45, 2.75) is 30.7 Å².